The van der Waals surface area contributed by atoms with Crippen LogP contribution in [-0.4, -0.2) is 22.3 Å². The number of H-pyrrole nitrogens is 1. The Hall–Kier alpha value is -3.74. The van der Waals surface area contributed by atoms with Crippen LogP contribution in [0.5, 0.6) is 0 Å². The minimum absolute atomic E-state index is 0.199. The second-order valence-corrected chi connectivity index (χ2v) is 8.86. The van der Waals surface area contributed by atoms with Gasteiger partial charge in [-0.25, -0.2) is 4.79 Å². The third-order valence-corrected chi connectivity index (χ3v) is 6.57. The van der Waals surface area contributed by atoms with Crippen LogP contribution < -0.4 is 11.2 Å². The average Bonchev–Trinajstić information content (AvgIpc) is 3.37. The van der Waals surface area contributed by atoms with Gasteiger partial charge in [-0.3, -0.25) is 14.3 Å². The number of ether oxygens (including phenoxy) is 2. The summed E-state index contributed by atoms with van der Waals surface area (Å²) in [4.78, 5) is 26.5. The third kappa shape index (κ3) is 4.50. The molecule has 0 aliphatic carbocycles. The fraction of sp³-hybridized carbons (Fsp3) is 0.241. The highest BCUT2D eigenvalue weighted by atomic mass is 16.6. The lowest BCUT2D eigenvalue weighted by Gasteiger charge is -2.36. The van der Waals surface area contributed by atoms with Crippen molar-refractivity contribution in [2.75, 3.05) is 6.61 Å². The van der Waals surface area contributed by atoms with Crippen molar-refractivity contribution in [1.29, 1.82) is 0 Å². The summed E-state index contributed by atoms with van der Waals surface area (Å²) in [5.41, 5.74) is 1.90. The van der Waals surface area contributed by atoms with Gasteiger partial charge < -0.3 is 9.47 Å². The van der Waals surface area contributed by atoms with E-state index in [9.17, 15) is 9.59 Å². The largest absolute Gasteiger partial charge is 0.358 e. The molecular formula is C29H28N2O4. The molecule has 1 N–H and O–H groups in total. The van der Waals surface area contributed by atoms with Gasteiger partial charge in [0.25, 0.3) is 5.56 Å². The number of rotatable bonds is 7. The van der Waals surface area contributed by atoms with Crippen LogP contribution in [0.4, 0.5) is 0 Å². The maximum Gasteiger partial charge on any atom is 0.330 e. The van der Waals surface area contributed by atoms with Crippen molar-refractivity contribution in [3.8, 4) is 0 Å². The summed E-state index contributed by atoms with van der Waals surface area (Å²) >= 11 is 0. The van der Waals surface area contributed by atoms with E-state index in [4.69, 9.17) is 9.47 Å². The van der Waals surface area contributed by atoms with Gasteiger partial charge in [-0.15, -0.1) is 0 Å². The van der Waals surface area contributed by atoms with Gasteiger partial charge in [-0.2, -0.15) is 0 Å². The van der Waals surface area contributed by atoms with E-state index in [0.717, 1.165) is 23.1 Å². The number of aromatic nitrogens is 2. The number of aryl methyl sites for hydroxylation is 1. The van der Waals surface area contributed by atoms with Gasteiger partial charge in [-0.1, -0.05) is 91.0 Å². The average molecular weight is 469 g/mol. The fourth-order valence-electron chi connectivity index (χ4n) is 4.80. The quantitative estimate of drug-likeness (QED) is 0.405. The van der Waals surface area contributed by atoms with Crippen molar-refractivity contribution in [2.24, 2.45) is 0 Å². The van der Waals surface area contributed by atoms with E-state index in [1.54, 1.807) is 13.1 Å². The molecule has 1 fully saturated rings. The van der Waals surface area contributed by atoms with E-state index in [2.05, 4.69) is 41.4 Å². The molecule has 6 nitrogen and oxygen atoms in total. The SMILES string of the molecule is Cc1cn([C@H]2CC[C@@H](COC(c3ccccc3)(c3ccccc3)c3ccccc3)O2)c(=O)[nH]c1=O. The first kappa shape index (κ1) is 23.0. The Balaban J connectivity index is 1.47. The first-order chi connectivity index (χ1) is 17.1. The highest BCUT2D eigenvalue weighted by Gasteiger charge is 2.39. The Morgan fingerprint density at radius 1 is 0.857 bits per heavy atom. The molecule has 1 saturated heterocycles. The Bertz CT molecular complexity index is 1280. The van der Waals surface area contributed by atoms with Gasteiger partial charge in [0.15, 0.2) is 0 Å². The molecule has 0 spiro atoms. The topological polar surface area (TPSA) is 73.3 Å². The van der Waals surface area contributed by atoms with Crippen LogP contribution in [0.3, 0.4) is 0 Å². The Morgan fingerprint density at radius 2 is 1.37 bits per heavy atom. The van der Waals surface area contributed by atoms with Gasteiger partial charge in [0, 0.05) is 11.8 Å². The van der Waals surface area contributed by atoms with E-state index in [0.29, 0.717) is 18.6 Å². The molecule has 2 atom stereocenters. The Morgan fingerprint density at radius 3 is 1.89 bits per heavy atom. The zero-order chi connectivity index (χ0) is 24.3. The smallest absolute Gasteiger partial charge is 0.330 e. The molecule has 6 heteroatoms. The lowest BCUT2D eigenvalue weighted by atomic mass is 9.80. The number of aromatic amines is 1. The number of nitrogens with one attached hydrogen (secondary N) is 1. The van der Waals surface area contributed by atoms with Gasteiger partial charge in [0.2, 0.25) is 0 Å². The van der Waals surface area contributed by atoms with E-state index in [-0.39, 0.29) is 11.7 Å². The lowest BCUT2D eigenvalue weighted by molar-refractivity contribution is -0.0774. The maximum absolute atomic E-state index is 12.4. The molecule has 0 radical (unpaired) electrons. The molecule has 1 aromatic heterocycles. The maximum atomic E-state index is 12.4. The van der Waals surface area contributed by atoms with Crippen LogP contribution in [0.15, 0.2) is 107 Å². The van der Waals surface area contributed by atoms with Gasteiger partial charge in [0.1, 0.15) is 11.8 Å². The molecule has 0 bridgehead atoms. The number of hydrogen-bond acceptors (Lipinski definition) is 4. The molecule has 1 aliphatic heterocycles. The lowest BCUT2D eigenvalue weighted by Crippen LogP contribution is -2.36. The summed E-state index contributed by atoms with van der Waals surface area (Å²) in [6.45, 7) is 2.02. The second-order valence-electron chi connectivity index (χ2n) is 8.86. The molecule has 1 aliphatic rings. The van der Waals surface area contributed by atoms with Crippen molar-refractivity contribution in [2.45, 2.75) is 37.7 Å². The first-order valence-corrected chi connectivity index (χ1v) is 11.9. The summed E-state index contributed by atoms with van der Waals surface area (Å²) in [6.07, 6.45) is 2.33. The molecule has 4 aromatic rings. The normalized spacial score (nSPS) is 18.0. The van der Waals surface area contributed by atoms with Crippen molar-refractivity contribution in [3.05, 3.63) is 140 Å². The van der Waals surface area contributed by atoms with Gasteiger partial charge >= 0.3 is 5.69 Å². The molecule has 0 amide bonds. The standard InChI is InChI=1S/C29H28N2O4/c1-21-19-31(28(33)30-27(21)32)26-18-17-25(35-26)20-34-29(22-11-5-2-6-12-22,23-13-7-3-8-14-23)24-15-9-4-10-16-24/h2-16,19,25-26H,17-18,20H2,1H3,(H,30,32,33)/t25-,26+/m0/s1. The first-order valence-electron chi connectivity index (χ1n) is 11.9. The number of benzene rings is 3. The molecular weight excluding hydrogens is 440 g/mol. The van der Waals surface area contributed by atoms with E-state index in [1.807, 2.05) is 54.6 Å². The monoisotopic (exact) mass is 468 g/mol. The van der Waals surface area contributed by atoms with E-state index in [1.165, 1.54) is 4.57 Å². The second kappa shape index (κ2) is 9.86. The van der Waals surface area contributed by atoms with E-state index >= 15 is 0 Å². The Kier molecular flexibility index (Phi) is 6.49. The van der Waals surface area contributed by atoms with Crippen molar-refractivity contribution >= 4 is 0 Å². The van der Waals surface area contributed by atoms with Crippen molar-refractivity contribution in [1.82, 2.24) is 9.55 Å². The van der Waals surface area contributed by atoms with Crippen LogP contribution in [0.1, 0.15) is 41.3 Å². The molecule has 3 aromatic carbocycles. The van der Waals surface area contributed by atoms with Crippen LogP contribution >= 0.6 is 0 Å². The minimum Gasteiger partial charge on any atom is -0.358 e. The number of hydrogen-bond donors (Lipinski definition) is 1. The summed E-state index contributed by atoms with van der Waals surface area (Å²) in [5.74, 6) is 0. The Labute approximate surface area is 203 Å². The zero-order valence-corrected chi connectivity index (χ0v) is 19.6. The number of nitrogens with zero attached hydrogens (tertiary/aromatic N) is 1. The fourth-order valence-corrected chi connectivity index (χ4v) is 4.80. The van der Waals surface area contributed by atoms with Gasteiger partial charge in [-0.05, 0) is 36.5 Å². The van der Waals surface area contributed by atoms with Crippen LogP contribution in [0.25, 0.3) is 0 Å². The summed E-state index contributed by atoms with van der Waals surface area (Å²) in [6, 6.07) is 30.6. The van der Waals surface area contributed by atoms with Crippen LogP contribution in [0, 0.1) is 6.92 Å². The molecule has 178 valence electrons. The summed E-state index contributed by atoms with van der Waals surface area (Å²) in [7, 11) is 0. The highest BCUT2D eigenvalue weighted by molar-refractivity contribution is 5.47. The molecule has 35 heavy (non-hydrogen) atoms. The predicted octanol–water partition coefficient (Wildman–Crippen LogP) is 4.53. The highest BCUT2D eigenvalue weighted by Crippen LogP contribution is 2.41. The molecule has 5 rings (SSSR count). The minimum atomic E-state index is -0.823. The van der Waals surface area contributed by atoms with Crippen molar-refractivity contribution in [3.63, 3.8) is 0 Å². The zero-order valence-electron chi connectivity index (χ0n) is 19.6. The summed E-state index contributed by atoms with van der Waals surface area (Å²) < 4.78 is 14.6. The molecule has 2 heterocycles. The van der Waals surface area contributed by atoms with E-state index < -0.39 is 17.5 Å². The molecule has 0 unspecified atom stereocenters. The van der Waals surface area contributed by atoms with Gasteiger partial charge in [0.05, 0.1) is 12.7 Å². The third-order valence-electron chi connectivity index (χ3n) is 6.57. The van der Waals surface area contributed by atoms with Crippen LogP contribution in [-0.2, 0) is 15.1 Å². The summed E-state index contributed by atoms with van der Waals surface area (Å²) in [5, 5.41) is 0. The predicted molar refractivity (Wildman–Crippen MR) is 134 cm³/mol. The molecule has 0 saturated carbocycles. The van der Waals surface area contributed by atoms with Crippen LogP contribution in [0.2, 0.25) is 0 Å². The van der Waals surface area contributed by atoms with Crippen molar-refractivity contribution < 1.29 is 9.47 Å².